The van der Waals surface area contributed by atoms with Crippen molar-refractivity contribution in [1.82, 2.24) is 14.7 Å². The quantitative estimate of drug-likeness (QED) is 0.851. The molecule has 2 rings (SSSR count). The van der Waals surface area contributed by atoms with Crippen molar-refractivity contribution in [2.45, 2.75) is 20.0 Å². The molecule has 1 heterocycles. The van der Waals surface area contributed by atoms with Gasteiger partial charge in [-0.2, -0.15) is 18.3 Å². The largest absolute Gasteiger partial charge is 0.434 e. The molecule has 0 radical (unpaired) electrons. The molecule has 0 aliphatic carbocycles. The summed E-state index contributed by atoms with van der Waals surface area (Å²) in [4.78, 5) is 13.8. The van der Waals surface area contributed by atoms with Crippen LogP contribution in [-0.4, -0.2) is 40.7 Å². The minimum absolute atomic E-state index is 0.158. The van der Waals surface area contributed by atoms with E-state index in [1.807, 2.05) is 13.8 Å². The lowest BCUT2D eigenvalue weighted by Gasteiger charge is -2.29. The van der Waals surface area contributed by atoms with Gasteiger partial charge in [-0.1, -0.05) is 25.4 Å². The first kappa shape index (κ1) is 20.3. The average Bonchev–Trinajstić information content (AvgIpc) is 2.99. The number of aromatic nitrogens is 2. The summed E-state index contributed by atoms with van der Waals surface area (Å²) in [5, 5.41) is 4.17. The number of hydrogen-bond donors (Lipinski definition) is 1. The van der Waals surface area contributed by atoms with E-state index in [9.17, 15) is 18.0 Å². The molecular formula is C17H20ClF3N4O. The third kappa shape index (κ3) is 4.37. The van der Waals surface area contributed by atoms with E-state index in [0.29, 0.717) is 16.2 Å². The Morgan fingerprint density at radius 1 is 1.27 bits per heavy atom. The summed E-state index contributed by atoms with van der Waals surface area (Å²) in [6.07, 6.45) is -3.82. The van der Waals surface area contributed by atoms with E-state index in [2.05, 4.69) is 5.10 Å². The number of nitrogens with zero attached hydrogens (tertiary/aromatic N) is 3. The second-order valence-corrected chi connectivity index (χ2v) is 7.26. The van der Waals surface area contributed by atoms with Gasteiger partial charge in [0, 0.05) is 18.6 Å². The first-order chi connectivity index (χ1) is 12.0. The highest BCUT2D eigenvalue weighted by Gasteiger charge is 2.41. The Balaban J connectivity index is 2.47. The maximum Gasteiger partial charge on any atom is 0.434 e. The average molecular weight is 389 g/mol. The van der Waals surface area contributed by atoms with E-state index in [4.69, 9.17) is 17.3 Å². The molecule has 9 heteroatoms. The molecule has 0 aliphatic rings. The van der Waals surface area contributed by atoms with Crippen LogP contribution in [0.1, 0.15) is 29.9 Å². The van der Waals surface area contributed by atoms with Gasteiger partial charge < -0.3 is 10.6 Å². The van der Waals surface area contributed by atoms with Gasteiger partial charge in [0.25, 0.3) is 5.91 Å². The molecule has 2 N–H and O–H groups in total. The van der Waals surface area contributed by atoms with Crippen LogP contribution < -0.4 is 5.73 Å². The molecule has 0 bridgehead atoms. The van der Waals surface area contributed by atoms with Gasteiger partial charge in [-0.3, -0.25) is 4.79 Å². The van der Waals surface area contributed by atoms with Crippen LogP contribution in [0, 0.1) is 5.41 Å². The fourth-order valence-electron chi connectivity index (χ4n) is 2.54. The third-order valence-corrected chi connectivity index (χ3v) is 4.16. The summed E-state index contributed by atoms with van der Waals surface area (Å²) in [5.74, 6) is -0.765. The van der Waals surface area contributed by atoms with Crippen molar-refractivity contribution >= 4 is 17.5 Å². The zero-order valence-corrected chi connectivity index (χ0v) is 15.4. The van der Waals surface area contributed by atoms with Crippen molar-refractivity contribution in [1.29, 1.82) is 0 Å². The molecule has 0 fully saturated rings. The van der Waals surface area contributed by atoms with Gasteiger partial charge in [-0.25, -0.2) is 4.68 Å². The van der Waals surface area contributed by atoms with E-state index >= 15 is 0 Å². The predicted octanol–water partition coefficient (Wildman–Crippen LogP) is 3.60. The Kier molecular flexibility index (Phi) is 5.67. The number of halogens is 4. The van der Waals surface area contributed by atoms with Gasteiger partial charge in [0.2, 0.25) is 0 Å². The van der Waals surface area contributed by atoms with Gasteiger partial charge in [-0.05, 0) is 36.2 Å². The molecule has 0 spiro atoms. The van der Waals surface area contributed by atoms with Crippen molar-refractivity contribution < 1.29 is 18.0 Å². The molecule has 1 aromatic carbocycles. The minimum Gasteiger partial charge on any atom is -0.341 e. The normalized spacial score (nSPS) is 12.3. The number of nitrogens with two attached hydrogens (primary N) is 1. The van der Waals surface area contributed by atoms with E-state index in [1.54, 1.807) is 0 Å². The van der Waals surface area contributed by atoms with E-state index < -0.39 is 28.8 Å². The summed E-state index contributed by atoms with van der Waals surface area (Å²) in [6, 6.07) is 5.71. The molecule has 1 aromatic heterocycles. The lowest BCUT2D eigenvalue weighted by Crippen LogP contribution is -2.40. The third-order valence-electron chi connectivity index (χ3n) is 3.90. The van der Waals surface area contributed by atoms with Crippen molar-refractivity contribution in [3.63, 3.8) is 0 Å². The molecule has 0 atom stereocenters. The summed E-state index contributed by atoms with van der Waals surface area (Å²) < 4.78 is 41.7. The molecular weight excluding hydrogens is 369 g/mol. The monoisotopic (exact) mass is 388 g/mol. The van der Waals surface area contributed by atoms with Crippen molar-refractivity contribution in [3.8, 4) is 5.69 Å². The van der Waals surface area contributed by atoms with Crippen LogP contribution >= 0.6 is 11.6 Å². The van der Waals surface area contributed by atoms with Crippen LogP contribution in [0.5, 0.6) is 0 Å². The maximum atomic E-state index is 13.7. The highest BCUT2D eigenvalue weighted by molar-refractivity contribution is 6.30. The second kappa shape index (κ2) is 7.28. The van der Waals surface area contributed by atoms with Crippen LogP contribution in [-0.2, 0) is 6.18 Å². The van der Waals surface area contributed by atoms with Crippen LogP contribution in [0.3, 0.4) is 0 Å². The SMILES string of the molecule is CN(CC(C)(C)CN)C(=O)c1cnn(-c2ccc(Cl)cc2)c1C(F)(F)F. The number of rotatable bonds is 5. The Bertz CT molecular complexity index is 784. The Hall–Kier alpha value is -2.06. The van der Waals surface area contributed by atoms with Gasteiger partial charge in [0.05, 0.1) is 17.4 Å². The highest BCUT2D eigenvalue weighted by atomic mass is 35.5. The molecule has 0 aliphatic heterocycles. The number of carbonyl (C=O) groups is 1. The first-order valence-electron chi connectivity index (χ1n) is 7.83. The Morgan fingerprint density at radius 2 is 1.85 bits per heavy atom. The number of alkyl halides is 3. The molecule has 26 heavy (non-hydrogen) atoms. The first-order valence-corrected chi connectivity index (χ1v) is 8.21. The molecule has 2 aromatic rings. The standard InChI is InChI=1S/C17H20ClF3N4O/c1-16(2,9-22)10-24(3)15(26)13-8-23-25(14(13)17(19,20)21)12-6-4-11(18)5-7-12/h4-8H,9-10,22H2,1-3H3. The highest BCUT2D eigenvalue weighted by Crippen LogP contribution is 2.34. The zero-order chi connectivity index (χ0) is 19.7. The molecule has 142 valence electrons. The van der Waals surface area contributed by atoms with E-state index in [1.165, 1.54) is 36.2 Å². The van der Waals surface area contributed by atoms with Crippen LogP contribution in [0.4, 0.5) is 13.2 Å². The number of hydrogen-bond acceptors (Lipinski definition) is 3. The lowest BCUT2D eigenvalue weighted by atomic mass is 9.93. The minimum atomic E-state index is -4.76. The van der Waals surface area contributed by atoms with Crippen molar-refractivity contribution in [2.75, 3.05) is 20.1 Å². The maximum absolute atomic E-state index is 13.7. The van der Waals surface area contributed by atoms with Crippen LogP contribution in [0.25, 0.3) is 5.69 Å². The Morgan fingerprint density at radius 3 is 2.35 bits per heavy atom. The molecule has 0 saturated carbocycles. The van der Waals surface area contributed by atoms with Crippen molar-refractivity contribution in [3.05, 3.63) is 46.7 Å². The summed E-state index contributed by atoms with van der Waals surface area (Å²) >= 11 is 5.78. The van der Waals surface area contributed by atoms with Gasteiger partial charge >= 0.3 is 6.18 Å². The van der Waals surface area contributed by atoms with Gasteiger partial charge in [-0.15, -0.1) is 0 Å². The van der Waals surface area contributed by atoms with E-state index in [0.717, 1.165) is 6.20 Å². The molecule has 1 amide bonds. The number of benzene rings is 1. The Labute approximate surface area is 154 Å². The van der Waals surface area contributed by atoms with Gasteiger partial charge in [0.15, 0.2) is 5.69 Å². The van der Waals surface area contributed by atoms with Crippen LogP contribution in [0.15, 0.2) is 30.5 Å². The van der Waals surface area contributed by atoms with Gasteiger partial charge in [0.1, 0.15) is 0 Å². The second-order valence-electron chi connectivity index (χ2n) is 6.82. The smallest absolute Gasteiger partial charge is 0.341 e. The zero-order valence-electron chi connectivity index (χ0n) is 14.6. The molecule has 5 nitrogen and oxygen atoms in total. The molecule has 0 unspecified atom stereocenters. The summed E-state index contributed by atoms with van der Waals surface area (Å²) in [6.45, 7) is 4.17. The fourth-order valence-corrected chi connectivity index (χ4v) is 2.67. The van der Waals surface area contributed by atoms with E-state index in [-0.39, 0.29) is 12.2 Å². The molecule has 0 saturated heterocycles. The topological polar surface area (TPSA) is 64.2 Å². The summed E-state index contributed by atoms with van der Waals surface area (Å²) in [5.41, 5.74) is 3.74. The number of amides is 1. The fraction of sp³-hybridized carbons (Fsp3) is 0.412. The van der Waals surface area contributed by atoms with Crippen LogP contribution in [0.2, 0.25) is 5.02 Å². The predicted molar refractivity (Wildman–Crippen MR) is 93.4 cm³/mol. The van der Waals surface area contributed by atoms with Crippen molar-refractivity contribution in [2.24, 2.45) is 11.1 Å². The summed E-state index contributed by atoms with van der Waals surface area (Å²) in [7, 11) is 1.44. The number of carbonyl (C=O) groups excluding carboxylic acids is 1. The lowest BCUT2D eigenvalue weighted by molar-refractivity contribution is -0.143.